The van der Waals surface area contributed by atoms with Gasteiger partial charge in [0.15, 0.2) is 0 Å². The Labute approximate surface area is 138 Å². The lowest BCUT2D eigenvalue weighted by Gasteiger charge is -2.03. The number of imidazole rings is 1. The highest BCUT2D eigenvalue weighted by molar-refractivity contribution is 6.42. The average Bonchev–Trinajstić information content (AvgIpc) is 2.97. The van der Waals surface area contributed by atoms with Gasteiger partial charge in [0.1, 0.15) is 18.2 Å². The van der Waals surface area contributed by atoms with Gasteiger partial charge in [-0.2, -0.15) is 0 Å². The Morgan fingerprint density at radius 3 is 2.59 bits per heavy atom. The third-order valence-corrected chi connectivity index (χ3v) is 3.92. The van der Waals surface area contributed by atoms with E-state index in [1.54, 1.807) is 6.07 Å². The van der Waals surface area contributed by atoms with Gasteiger partial charge >= 0.3 is 0 Å². The molecular formula is C17H14Cl2N2O. The number of ether oxygens (including phenoxy) is 1. The fraction of sp³-hybridized carbons (Fsp3) is 0.118. The fourth-order valence-electron chi connectivity index (χ4n) is 2.11. The summed E-state index contributed by atoms with van der Waals surface area (Å²) in [4.78, 5) is 7.58. The number of hydrogen-bond acceptors (Lipinski definition) is 2. The van der Waals surface area contributed by atoms with Crippen molar-refractivity contribution in [1.82, 2.24) is 9.97 Å². The van der Waals surface area contributed by atoms with Crippen LogP contribution in [0.25, 0.3) is 0 Å². The van der Waals surface area contributed by atoms with Crippen molar-refractivity contribution in [2.24, 2.45) is 0 Å². The van der Waals surface area contributed by atoms with E-state index in [1.165, 1.54) is 0 Å². The minimum atomic E-state index is 0.408. The van der Waals surface area contributed by atoms with Crippen molar-refractivity contribution in [3.05, 3.63) is 81.9 Å². The highest BCUT2D eigenvalue weighted by Gasteiger charge is 2.05. The van der Waals surface area contributed by atoms with Crippen LogP contribution < -0.4 is 4.74 Å². The molecule has 22 heavy (non-hydrogen) atoms. The van der Waals surface area contributed by atoms with E-state index in [2.05, 4.69) is 9.97 Å². The summed E-state index contributed by atoms with van der Waals surface area (Å²) in [5.74, 6) is 1.61. The molecule has 0 fully saturated rings. The van der Waals surface area contributed by atoms with Gasteiger partial charge in [-0.1, -0.05) is 47.5 Å². The molecule has 0 aliphatic carbocycles. The predicted molar refractivity (Wildman–Crippen MR) is 88.6 cm³/mol. The van der Waals surface area contributed by atoms with Crippen molar-refractivity contribution in [3.8, 4) is 5.75 Å². The molecule has 3 aromatic rings. The number of rotatable bonds is 5. The molecule has 1 aromatic heterocycles. The van der Waals surface area contributed by atoms with Crippen LogP contribution in [0.1, 0.15) is 17.1 Å². The summed E-state index contributed by atoms with van der Waals surface area (Å²) in [5.41, 5.74) is 2.08. The molecule has 1 heterocycles. The highest BCUT2D eigenvalue weighted by atomic mass is 35.5. The van der Waals surface area contributed by atoms with Crippen molar-refractivity contribution in [2.75, 3.05) is 0 Å². The van der Waals surface area contributed by atoms with E-state index < -0.39 is 0 Å². The molecule has 0 amide bonds. The first-order valence-electron chi connectivity index (χ1n) is 6.85. The molecule has 2 aromatic carbocycles. The molecule has 0 saturated heterocycles. The van der Waals surface area contributed by atoms with Gasteiger partial charge in [-0.25, -0.2) is 4.98 Å². The molecule has 112 valence electrons. The van der Waals surface area contributed by atoms with Crippen LogP contribution in [-0.4, -0.2) is 9.97 Å². The van der Waals surface area contributed by atoms with E-state index in [1.807, 2.05) is 48.7 Å². The Bertz CT molecular complexity index is 756. The zero-order valence-corrected chi connectivity index (χ0v) is 13.2. The number of hydrogen-bond donors (Lipinski definition) is 1. The molecule has 0 atom stereocenters. The largest absolute Gasteiger partial charge is 0.486 e. The van der Waals surface area contributed by atoms with E-state index in [0.29, 0.717) is 16.7 Å². The number of aromatic nitrogens is 2. The molecule has 0 radical (unpaired) electrons. The maximum absolute atomic E-state index is 6.03. The molecule has 1 N–H and O–H groups in total. The zero-order chi connectivity index (χ0) is 15.4. The molecule has 0 saturated carbocycles. The van der Waals surface area contributed by atoms with Crippen LogP contribution in [-0.2, 0) is 13.0 Å². The van der Waals surface area contributed by atoms with Gasteiger partial charge in [-0.15, -0.1) is 0 Å². The summed E-state index contributed by atoms with van der Waals surface area (Å²) < 4.78 is 5.66. The van der Waals surface area contributed by atoms with Gasteiger partial charge in [0, 0.05) is 18.3 Å². The summed E-state index contributed by atoms with van der Waals surface area (Å²) in [6.07, 6.45) is 2.53. The second-order valence-electron chi connectivity index (χ2n) is 4.88. The first kappa shape index (κ1) is 14.9. The molecule has 0 unspecified atom stereocenters. The second kappa shape index (κ2) is 6.86. The number of H-pyrrole nitrogens is 1. The molecule has 0 bridgehead atoms. The van der Waals surface area contributed by atoms with Gasteiger partial charge < -0.3 is 9.72 Å². The number of benzene rings is 2. The smallest absolute Gasteiger partial charge is 0.146 e. The summed E-state index contributed by atoms with van der Waals surface area (Å²) >= 11 is 11.9. The first-order valence-corrected chi connectivity index (χ1v) is 7.61. The number of halogens is 2. The van der Waals surface area contributed by atoms with E-state index in [4.69, 9.17) is 27.9 Å². The van der Waals surface area contributed by atoms with E-state index in [0.717, 1.165) is 29.3 Å². The third-order valence-electron chi connectivity index (χ3n) is 3.18. The van der Waals surface area contributed by atoms with Crippen molar-refractivity contribution in [3.63, 3.8) is 0 Å². The molecule has 3 nitrogen and oxygen atoms in total. The quantitative estimate of drug-likeness (QED) is 0.722. The maximum atomic E-state index is 6.03. The van der Waals surface area contributed by atoms with Crippen LogP contribution in [0, 0.1) is 0 Å². The van der Waals surface area contributed by atoms with Crippen molar-refractivity contribution in [2.45, 2.75) is 13.0 Å². The van der Waals surface area contributed by atoms with Crippen molar-refractivity contribution in [1.29, 1.82) is 0 Å². The predicted octanol–water partition coefficient (Wildman–Crippen LogP) is 4.89. The Kier molecular flexibility index (Phi) is 4.66. The minimum Gasteiger partial charge on any atom is -0.486 e. The summed E-state index contributed by atoms with van der Waals surface area (Å²) in [6, 6.07) is 15.3. The minimum absolute atomic E-state index is 0.408. The van der Waals surface area contributed by atoms with E-state index in [9.17, 15) is 0 Å². The standard InChI is InChI=1S/C17H14Cl2N2O/c18-15-7-6-12(9-16(15)19)8-13-10-20-17(21-13)11-22-14-4-2-1-3-5-14/h1-7,9-10H,8,11H2,(H,20,21). The fourth-order valence-corrected chi connectivity index (χ4v) is 2.43. The summed E-state index contributed by atoms with van der Waals surface area (Å²) in [5, 5.41) is 1.12. The normalized spacial score (nSPS) is 10.6. The third kappa shape index (κ3) is 3.81. The van der Waals surface area contributed by atoms with Crippen LogP contribution in [0.3, 0.4) is 0 Å². The second-order valence-corrected chi connectivity index (χ2v) is 5.70. The van der Waals surface area contributed by atoms with E-state index in [-0.39, 0.29) is 0 Å². The van der Waals surface area contributed by atoms with Gasteiger partial charge in [-0.05, 0) is 29.8 Å². The van der Waals surface area contributed by atoms with Crippen LogP contribution in [0.4, 0.5) is 0 Å². The number of nitrogens with zero attached hydrogens (tertiary/aromatic N) is 1. The summed E-state index contributed by atoms with van der Waals surface area (Å²) in [7, 11) is 0. The molecule has 0 spiro atoms. The zero-order valence-electron chi connectivity index (χ0n) is 11.7. The van der Waals surface area contributed by atoms with Gasteiger partial charge in [0.2, 0.25) is 0 Å². The average molecular weight is 333 g/mol. The number of aromatic amines is 1. The van der Waals surface area contributed by atoms with Crippen LogP contribution in [0.5, 0.6) is 5.75 Å². The number of nitrogens with one attached hydrogen (secondary N) is 1. The SMILES string of the molecule is Clc1ccc(Cc2cnc(COc3ccccc3)[nH]2)cc1Cl. The lowest BCUT2D eigenvalue weighted by molar-refractivity contribution is 0.297. The maximum Gasteiger partial charge on any atom is 0.146 e. The Morgan fingerprint density at radius 2 is 1.82 bits per heavy atom. The van der Waals surface area contributed by atoms with Crippen molar-refractivity contribution < 1.29 is 4.74 Å². The van der Waals surface area contributed by atoms with Gasteiger partial charge in [-0.3, -0.25) is 0 Å². The van der Waals surface area contributed by atoms with Crippen LogP contribution in [0.2, 0.25) is 10.0 Å². The van der Waals surface area contributed by atoms with Crippen molar-refractivity contribution >= 4 is 23.2 Å². The first-order chi connectivity index (χ1) is 10.7. The lowest BCUT2D eigenvalue weighted by atomic mass is 10.1. The lowest BCUT2D eigenvalue weighted by Crippen LogP contribution is -1.97. The Hall–Kier alpha value is -1.97. The van der Waals surface area contributed by atoms with E-state index >= 15 is 0 Å². The van der Waals surface area contributed by atoms with Gasteiger partial charge in [0.05, 0.1) is 10.0 Å². The molecule has 0 aliphatic rings. The monoisotopic (exact) mass is 332 g/mol. The van der Waals surface area contributed by atoms with Gasteiger partial charge in [0.25, 0.3) is 0 Å². The molecule has 5 heteroatoms. The van der Waals surface area contributed by atoms with Crippen LogP contribution in [0.15, 0.2) is 54.7 Å². The van der Waals surface area contributed by atoms with Crippen LogP contribution >= 0.6 is 23.2 Å². The molecule has 0 aliphatic heterocycles. The topological polar surface area (TPSA) is 37.9 Å². The molecule has 3 rings (SSSR count). The Morgan fingerprint density at radius 1 is 1.00 bits per heavy atom. The Balaban J connectivity index is 1.62. The number of para-hydroxylation sites is 1. The molecular weight excluding hydrogens is 319 g/mol. The summed E-state index contributed by atoms with van der Waals surface area (Å²) in [6.45, 7) is 0.408. The highest BCUT2D eigenvalue weighted by Crippen LogP contribution is 2.23.